The van der Waals surface area contributed by atoms with E-state index in [2.05, 4.69) is 29.9 Å². The van der Waals surface area contributed by atoms with E-state index in [0.29, 0.717) is 24.2 Å². The molecule has 0 spiro atoms. The molecule has 1 saturated heterocycles. The topological polar surface area (TPSA) is 81.3 Å². The van der Waals surface area contributed by atoms with Gasteiger partial charge in [-0.2, -0.15) is 14.6 Å². The first-order valence-corrected chi connectivity index (χ1v) is 7.61. The van der Waals surface area contributed by atoms with Crippen molar-refractivity contribution in [3.05, 3.63) is 36.7 Å². The van der Waals surface area contributed by atoms with Gasteiger partial charge in [-0.25, -0.2) is 9.97 Å². The van der Waals surface area contributed by atoms with E-state index in [9.17, 15) is 0 Å². The number of ether oxygens (including phenoxy) is 1. The zero-order valence-electron chi connectivity index (χ0n) is 12.8. The zero-order valence-corrected chi connectivity index (χ0v) is 12.8. The Morgan fingerprint density at radius 2 is 2.26 bits per heavy atom. The van der Waals surface area contributed by atoms with Crippen LogP contribution in [0.1, 0.15) is 12.1 Å². The average Bonchev–Trinajstić information content (AvgIpc) is 3.22. The lowest BCUT2D eigenvalue weighted by molar-refractivity contribution is 0.251. The molecule has 1 aliphatic rings. The summed E-state index contributed by atoms with van der Waals surface area (Å²) >= 11 is 0. The van der Waals surface area contributed by atoms with Gasteiger partial charge in [0.15, 0.2) is 0 Å². The third-order valence-electron chi connectivity index (χ3n) is 3.98. The van der Waals surface area contributed by atoms with Crippen molar-refractivity contribution in [1.29, 1.82) is 0 Å². The Labute approximate surface area is 133 Å². The Morgan fingerprint density at radius 1 is 1.30 bits per heavy atom. The Hall–Kier alpha value is -2.77. The van der Waals surface area contributed by atoms with Crippen molar-refractivity contribution in [2.24, 2.45) is 5.92 Å². The van der Waals surface area contributed by atoms with Crippen LogP contribution in [-0.4, -0.2) is 49.2 Å². The fraction of sp³-hybridized carbons (Fsp3) is 0.400. The van der Waals surface area contributed by atoms with Crippen LogP contribution < -0.4 is 9.64 Å². The number of hydrogen-bond donors (Lipinski definition) is 0. The van der Waals surface area contributed by atoms with Gasteiger partial charge >= 0.3 is 0 Å². The molecule has 0 N–H and O–H groups in total. The minimum Gasteiger partial charge on any atom is -0.476 e. The van der Waals surface area contributed by atoms with Gasteiger partial charge in [0, 0.05) is 43.2 Å². The Morgan fingerprint density at radius 3 is 3.13 bits per heavy atom. The molecule has 0 saturated carbocycles. The molecule has 0 radical (unpaired) electrons. The summed E-state index contributed by atoms with van der Waals surface area (Å²) in [5.41, 5.74) is 0.944. The molecule has 0 amide bonds. The number of aromatic nitrogens is 6. The van der Waals surface area contributed by atoms with Crippen LogP contribution >= 0.6 is 0 Å². The molecule has 1 aliphatic heterocycles. The lowest BCUT2D eigenvalue weighted by Crippen LogP contribution is -2.24. The first-order chi connectivity index (χ1) is 11.3. The second-order valence-corrected chi connectivity index (χ2v) is 5.68. The molecule has 0 aliphatic carbocycles. The third-order valence-corrected chi connectivity index (χ3v) is 3.98. The fourth-order valence-electron chi connectivity index (χ4n) is 2.88. The summed E-state index contributed by atoms with van der Waals surface area (Å²) < 4.78 is 7.51. The first kappa shape index (κ1) is 13.9. The molecule has 3 aromatic rings. The standard InChI is InChI=1S/C15H17N7O/c1-11-6-14(22-15(20-11)18-10-19-22)21-5-2-12(8-21)9-23-13-7-16-3-4-17-13/h3-4,6-7,10,12H,2,5,8-9H2,1H3. The lowest BCUT2D eigenvalue weighted by atomic mass is 10.1. The van der Waals surface area contributed by atoms with Gasteiger partial charge in [0.05, 0.1) is 12.8 Å². The summed E-state index contributed by atoms with van der Waals surface area (Å²) in [6.45, 7) is 4.49. The second-order valence-electron chi connectivity index (χ2n) is 5.68. The maximum Gasteiger partial charge on any atom is 0.254 e. The summed E-state index contributed by atoms with van der Waals surface area (Å²) in [4.78, 5) is 19.0. The van der Waals surface area contributed by atoms with E-state index in [-0.39, 0.29) is 0 Å². The molecule has 0 aromatic carbocycles. The average molecular weight is 311 g/mol. The lowest BCUT2D eigenvalue weighted by Gasteiger charge is -2.19. The van der Waals surface area contributed by atoms with Gasteiger partial charge in [-0.15, -0.1) is 0 Å². The van der Waals surface area contributed by atoms with E-state index in [1.165, 1.54) is 6.33 Å². The smallest absolute Gasteiger partial charge is 0.254 e. The molecule has 118 valence electrons. The van der Waals surface area contributed by atoms with Gasteiger partial charge in [-0.05, 0) is 13.3 Å². The number of rotatable bonds is 4. The molecule has 4 rings (SSSR count). The summed E-state index contributed by atoms with van der Waals surface area (Å²) in [6.07, 6.45) is 7.52. The number of aryl methyl sites for hydroxylation is 1. The van der Waals surface area contributed by atoms with Crippen molar-refractivity contribution < 1.29 is 4.74 Å². The maximum atomic E-state index is 5.72. The Balaban J connectivity index is 1.46. The highest BCUT2D eigenvalue weighted by Gasteiger charge is 2.25. The van der Waals surface area contributed by atoms with E-state index < -0.39 is 0 Å². The quantitative estimate of drug-likeness (QED) is 0.714. The van der Waals surface area contributed by atoms with E-state index in [1.807, 2.05) is 13.0 Å². The van der Waals surface area contributed by atoms with Crippen LogP contribution in [-0.2, 0) is 0 Å². The first-order valence-electron chi connectivity index (χ1n) is 7.61. The predicted octanol–water partition coefficient (Wildman–Crippen LogP) is 1.13. The molecule has 1 fully saturated rings. The normalized spacial score (nSPS) is 17.8. The molecular formula is C15H17N7O. The van der Waals surface area contributed by atoms with Crippen LogP contribution in [0.4, 0.5) is 5.82 Å². The van der Waals surface area contributed by atoms with Crippen LogP contribution in [0.5, 0.6) is 5.88 Å². The van der Waals surface area contributed by atoms with Gasteiger partial charge in [0.25, 0.3) is 5.78 Å². The minimum absolute atomic E-state index is 0.448. The van der Waals surface area contributed by atoms with Crippen molar-refractivity contribution in [2.45, 2.75) is 13.3 Å². The Bertz CT molecular complexity index is 804. The van der Waals surface area contributed by atoms with Crippen molar-refractivity contribution >= 4 is 11.6 Å². The molecule has 1 atom stereocenters. The van der Waals surface area contributed by atoms with Gasteiger partial charge in [0.1, 0.15) is 12.1 Å². The van der Waals surface area contributed by atoms with Crippen LogP contribution in [0.25, 0.3) is 5.78 Å². The van der Waals surface area contributed by atoms with E-state index in [0.717, 1.165) is 31.0 Å². The largest absolute Gasteiger partial charge is 0.476 e. The van der Waals surface area contributed by atoms with Gasteiger partial charge in [-0.3, -0.25) is 4.98 Å². The van der Waals surface area contributed by atoms with Crippen LogP contribution in [0.2, 0.25) is 0 Å². The van der Waals surface area contributed by atoms with Crippen LogP contribution in [0.3, 0.4) is 0 Å². The number of hydrogen-bond acceptors (Lipinski definition) is 7. The number of anilines is 1. The molecule has 23 heavy (non-hydrogen) atoms. The third kappa shape index (κ3) is 2.79. The van der Waals surface area contributed by atoms with Crippen LogP contribution in [0.15, 0.2) is 31.0 Å². The highest BCUT2D eigenvalue weighted by atomic mass is 16.5. The molecule has 3 aromatic heterocycles. The highest BCUT2D eigenvalue weighted by Crippen LogP contribution is 2.24. The SMILES string of the molecule is Cc1cc(N2CCC(COc3cnccn3)C2)n2ncnc2n1. The van der Waals surface area contributed by atoms with Crippen molar-refractivity contribution in [1.82, 2.24) is 29.5 Å². The summed E-state index contributed by atoms with van der Waals surface area (Å²) in [5, 5.41) is 4.27. The van der Waals surface area contributed by atoms with Gasteiger partial charge < -0.3 is 9.64 Å². The van der Waals surface area contributed by atoms with E-state index in [4.69, 9.17) is 4.74 Å². The second kappa shape index (κ2) is 5.79. The predicted molar refractivity (Wildman–Crippen MR) is 83.4 cm³/mol. The molecular weight excluding hydrogens is 294 g/mol. The molecule has 0 bridgehead atoms. The van der Waals surface area contributed by atoms with Crippen molar-refractivity contribution in [3.63, 3.8) is 0 Å². The van der Waals surface area contributed by atoms with Gasteiger partial charge in [0.2, 0.25) is 5.88 Å². The summed E-state index contributed by atoms with van der Waals surface area (Å²) in [5.74, 6) is 2.69. The Kier molecular flexibility index (Phi) is 3.49. The van der Waals surface area contributed by atoms with E-state index >= 15 is 0 Å². The van der Waals surface area contributed by atoms with Gasteiger partial charge in [-0.1, -0.05) is 0 Å². The van der Waals surface area contributed by atoms with Crippen molar-refractivity contribution in [3.8, 4) is 5.88 Å². The monoisotopic (exact) mass is 311 g/mol. The maximum absolute atomic E-state index is 5.72. The molecule has 1 unspecified atom stereocenters. The minimum atomic E-state index is 0.448. The number of nitrogens with zero attached hydrogens (tertiary/aromatic N) is 7. The van der Waals surface area contributed by atoms with Crippen LogP contribution in [0, 0.1) is 12.8 Å². The fourth-order valence-corrected chi connectivity index (χ4v) is 2.88. The van der Waals surface area contributed by atoms with E-state index in [1.54, 1.807) is 23.1 Å². The summed E-state index contributed by atoms with van der Waals surface area (Å²) in [7, 11) is 0. The summed E-state index contributed by atoms with van der Waals surface area (Å²) in [6, 6.07) is 2.05. The highest BCUT2D eigenvalue weighted by molar-refractivity contribution is 5.47. The zero-order chi connectivity index (χ0) is 15.6. The molecule has 8 heteroatoms. The molecule has 8 nitrogen and oxygen atoms in total. The van der Waals surface area contributed by atoms with Crippen molar-refractivity contribution in [2.75, 3.05) is 24.6 Å². The molecule has 4 heterocycles. The number of fused-ring (bicyclic) bond motifs is 1.